The zero-order chi connectivity index (χ0) is 15.4. The maximum Gasteiger partial charge on any atom is 0.268 e. The van der Waals surface area contributed by atoms with Crippen molar-refractivity contribution in [2.75, 3.05) is 7.11 Å². The van der Waals surface area contributed by atoms with Gasteiger partial charge in [-0.2, -0.15) is 5.10 Å². The fraction of sp³-hybridized carbons (Fsp3) is 0.412. The number of methoxy groups -OCH3 is 1. The molecule has 1 aromatic heterocycles. The van der Waals surface area contributed by atoms with Gasteiger partial charge in [-0.05, 0) is 43.2 Å². The molecule has 2 aromatic rings. The van der Waals surface area contributed by atoms with Crippen LogP contribution in [0.5, 0.6) is 5.75 Å². The van der Waals surface area contributed by atoms with Gasteiger partial charge in [0.05, 0.1) is 12.8 Å². The maximum absolute atomic E-state index is 11.9. The first-order valence-corrected chi connectivity index (χ1v) is 7.72. The van der Waals surface area contributed by atoms with E-state index in [0.717, 1.165) is 22.6 Å². The van der Waals surface area contributed by atoms with Gasteiger partial charge in [-0.1, -0.05) is 12.8 Å². The van der Waals surface area contributed by atoms with Gasteiger partial charge in [0.25, 0.3) is 5.56 Å². The Morgan fingerprint density at radius 2 is 2.00 bits per heavy atom. The molecule has 3 rings (SSSR count). The Morgan fingerprint density at radius 3 is 2.68 bits per heavy atom. The molecule has 0 amide bonds. The van der Waals surface area contributed by atoms with E-state index in [-0.39, 0.29) is 5.56 Å². The molecule has 5 heteroatoms. The molecule has 0 unspecified atom stereocenters. The Labute approximate surface area is 129 Å². The first kappa shape index (κ1) is 14.8. The summed E-state index contributed by atoms with van der Waals surface area (Å²) in [4.78, 5) is 11.9. The van der Waals surface area contributed by atoms with Crippen molar-refractivity contribution in [2.24, 2.45) is 0 Å². The van der Waals surface area contributed by atoms with Gasteiger partial charge in [0, 0.05) is 23.7 Å². The predicted octanol–water partition coefficient (Wildman–Crippen LogP) is 2.48. The van der Waals surface area contributed by atoms with Crippen molar-refractivity contribution in [3.8, 4) is 17.0 Å². The molecule has 1 aliphatic rings. The minimum absolute atomic E-state index is 0.122. The van der Waals surface area contributed by atoms with Crippen molar-refractivity contribution in [3.05, 3.63) is 46.2 Å². The monoisotopic (exact) mass is 299 g/mol. The lowest BCUT2D eigenvalue weighted by atomic mass is 10.1. The van der Waals surface area contributed by atoms with Crippen LogP contribution in [-0.2, 0) is 6.54 Å². The number of aromatic amines is 1. The van der Waals surface area contributed by atoms with Gasteiger partial charge in [0.1, 0.15) is 5.75 Å². The Balaban J connectivity index is 1.77. The Bertz CT molecular complexity index is 673. The van der Waals surface area contributed by atoms with E-state index in [1.165, 1.54) is 25.7 Å². The minimum atomic E-state index is -0.122. The Kier molecular flexibility index (Phi) is 4.53. The van der Waals surface area contributed by atoms with E-state index in [4.69, 9.17) is 4.74 Å². The second-order valence-electron chi connectivity index (χ2n) is 5.70. The summed E-state index contributed by atoms with van der Waals surface area (Å²) in [6.07, 6.45) is 4.96. The molecule has 0 spiro atoms. The number of H-pyrrole nitrogens is 1. The molecule has 22 heavy (non-hydrogen) atoms. The van der Waals surface area contributed by atoms with E-state index >= 15 is 0 Å². The molecule has 0 radical (unpaired) electrons. The van der Waals surface area contributed by atoms with Gasteiger partial charge in [-0.3, -0.25) is 4.79 Å². The lowest BCUT2D eigenvalue weighted by molar-refractivity contribution is 0.415. The van der Waals surface area contributed by atoms with Crippen LogP contribution in [-0.4, -0.2) is 23.3 Å². The molecular formula is C17H21N3O2. The van der Waals surface area contributed by atoms with Gasteiger partial charge in [-0.15, -0.1) is 0 Å². The van der Waals surface area contributed by atoms with Crippen LogP contribution >= 0.6 is 0 Å². The molecule has 0 bridgehead atoms. The first-order chi connectivity index (χ1) is 10.8. The van der Waals surface area contributed by atoms with Crippen LogP contribution in [0, 0.1) is 0 Å². The summed E-state index contributed by atoms with van der Waals surface area (Å²) < 4.78 is 5.16. The average Bonchev–Trinajstić information content (AvgIpc) is 3.08. The van der Waals surface area contributed by atoms with Crippen LogP contribution in [0.4, 0.5) is 0 Å². The van der Waals surface area contributed by atoms with E-state index in [9.17, 15) is 4.79 Å². The Morgan fingerprint density at radius 1 is 1.27 bits per heavy atom. The number of benzene rings is 1. The second-order valence-corrected chi connectivity index (χ2v) is 5.70. The van der Waals surface area contributed by atoms with Crippen molar-refractivity contribution in [2.45, 2.75) is 38.3 Å². The predicted molar refractivity (Wildman–Crippen MR) is 85.9 cm³/mol. The molecule has 2 N–H and O–H groups in total. The van der Waals surface area contributed by atoms with Crippen molar-refractivity contribution in [3.63, 3.8) is 0 Å². The van der Waals surface area contributed by atoms with E-state index < -0.39 is 0 Å². The van der Waals surface area contributed by atoms with Crippen LogP contribution in [0.1, 0.15) is 31.2 Å². The number of aromatic nitrogens is 2. The summed E-state index contributed by atoms with van der Waals surface area (Å²) in [6.45, 7) is 0.589. The third-order valence-electron chi connectivity index (χ3n) is 4.20. The number of hydrogen-bond acceptors (Lipinski definition) is 4. The van der Waals surface area contributed by atoms with Crippen molar-refractivity contribution in [1.82, 2.24) is 15.5 Å². The van der Waals surface area contributed by atoms with Gasteiger partial charge in [0.2, 0.25) is 0 Å². The number of nitrogens with one attached hydrogen (secondary N) is 2. The number of nitrogens with zero attached hydrogens (tertiary/aromatic N) is 1. The van der Waals surface area contributed by atoms with Crippen LogP contribution in [0.25, 0.3) is 11.3 Å². The number of rotatable bonds is 5. The molecule has 1 fully saturated rings. The van der Waals surface area contributed by atoms with Crippen LogP contribution in [0.15, 0.2) is 35.1 Å². The zero-order valence-corrected chi connectivity index (χ0v) is 12.8. The third-order valence-corrected chi connectivity index (χ3v) is 4.20. The summed E-state index contributed by atoms with van der Waals surface area (Å²) in [5, 5.41) is 10.2. The number of ether oxygens (including phenoxy) is 1. The van der Waals surface area contributed by atoms with Gasteiger partial charge < -0.3 is 10.1 Å². The molecule has 116 valence electrons. The smallest absolute Gasteiger partial charge is 0.268 e. The zero-order valence-electron chi connectivity index (χ0n) is 12.8. The van der Waals surface area contributed by atoms with Gasteiger partial charge in [-0.25, -0.2) is 5.10 Å². The van der Waals surface area contributed by atoms with E-state index in [0.29, 0.717) is 12.6 Å². The van der Waals surface area contributed by atoms with E-state index in [2.05, 4.69) is 15.5 Å². The fourth-order valence-electron chi connectivity index (χ4n) is 2.87. The molecule has 1 saturated carbocycles. The third kappa shape index (κ3) is 3.36. The van der Waals surface area contributed by atoms with Crippen LogP contribution in [0.3, 0.4) is 0 Å². The minimum Gasteiger partial charge on any atom is -0.497 e. The van der Waals surface area contributed by atoms with E-state index in [1.54, 1.807) is 7.11 Å². The van der Waals surface area contributed by atoms with E-state index in [1.807, 2.05) is 30.3 Å². The molecule has 1 aliphatic carbocycles. The molecule has 5 nitrogen and oxygen atoms in total. The lowest BCUT2D eigenvalue weighted by Gasteiger charge is -2.11. The normalized spacial score (nSPS) is 15.1. The second kappa shape index (κ2) is 6.75. The highest BCUT2D eigenvalue weighted by molar-refractivity contribution is 5.60. The summed E-state index contributed by atoms with van der Waals surface area (Å²) >= 11 is 0. The van der Waals surface area contributed by atoms with Crippen molar-refractivity contribution < 1.29 is 4.74 Å². The highest BCUT2D eigenvalue weighted by Gasteiger charge is 2.15. The fourth-order valence-corrected chi connectivity index (χ4v) is 2.87. The summed E-state index contributed by atoms with van der Waals surface area (Å²) in [6, 6.07) is 10.1. The highest BCUT2D eigenvalue weighted by atomic mass is 16.5. The first-order valence-electron chi connectivity index (χ1n) is 7.72. The molecule has 0 atom stereocenters. The summed E-state index contributed by atoms with van der Waals surface area (Å²) in [5.74, 6) is 0.802. The molecule has 0 saturated heterocycles. The summed E-state index contributed by atoms with van der Waals surface area (Å²) in [5.41, 5.74) is 2.33. The molecular weight excluding hydrogens is 278 g/mol. The molecule has 0 aliphatic heterocycles. The van der Waals surface area contributed by atoms with Crippen LogP contribution < -0.4 is 15.6 Å². The van der Waals surface area contributed by atoms with Crippen molar-refractivity contribution in [1.29, 1.82) is 0 Å². The van der Waals surface area contributed by atoms with Crippen LogP contribution in [0.2, 0.25) is 0 Å². The highest BCUT2D eigenvalue weighted by Crippen LogP contribution is 2.21. The van der Waals surface area contributed by atoms with Crippen molar-refractivity contribution >= 4 is 0 Å². The SMILES string of the molecule is COc1ccc(-c2cc(CNC3CCCC3)c(=O)[nH]n2)cc1. The van der Waals surface area contributed by atoms with Gasteiger partial charge in [0.15, 0.2) is 0 Å². The Hall–Kier alpha value is -2.14. The number of hydrogen-bond donors (Lipinski definition) is 2. The summed E-state index contributed by atoms with van der Waals surface area (Å²) in [7, 11) is 1.64. The lowest BCUT2D eigenvalue weighted by Crippen LogP contribution is -2.29. The molecule has 1 aromatic carbocycles. The maximum atomic E-state index is 11.9. The standard InChI is InChI=1S/C17H21N3O2/c1-22-15-8-6-12(7-9-15)16-10-13(17(21)20-19-16)11-18-14-4-2-3-5-14/h6-10,14,18H,2-5,11H2,1H3,(H,20,21). The molecule has 1 heterocycles. The topological polar surface area (TPSA) is 67.0 Å². The quantitative estimate of drug-likeness (QED) is 0.890. The average molecular weight is 299 g/mol. The van der Waals surface area contributed by atoms with Gasteiger partial charge >= 0.3 is 0 Å². The largest absolute Gasteiger partial charge is 0.497 e.